The van der Waals surface area contributed by atoms with Gasteiger partial charge in [0, 0.05) is 5.56 Å². The molecule has 27 heavy (non-hydrogen) atoms. The maximum atomic E-state index is 12.1. The van der Waals surface area contributed by atoms with Crippen LogP contribution in [0.5, 0.6) is 5.75 Å². The Kier molecular flexibility index (Phi) is 7.06. The third kappa shape index (κ3) is 5.85. The van der Waals surface area contributed by atoms with Crippen LogP contribution in [0.1, 0.15) is 5.56 Å². The lowest BCUT2D eigenvalue weighted by Gasteiger charge is -2.21. The number of anilines is 1. The minimum absolute atomic E-state index is 0.326. The van der Waals surface area contributed by atoms with E-state index in [1.54, 1.807) is 42.5 Å². The predicted molar refractivity (Wildman–Crippen MR) is 107 cm³/mol. The van der Waals surface area contributed by atoms with Crippen LogP contribution in [0.2, 0.25) is 10.0 Å². The minimum atomic E-state index is -3.69. The van der Waals surface area contributed by atoms with Crippen LogP contribution >= 0.6 is 23.2 Å². The molecule has 0 saturated heterocycles. The summed E-state index contributed by atoms with van der Waals surface area (Å²) < 4.78 is 30.1. The first-order chi connectivity index (χ1) is 12.7. The zero-order chi connectivity index (χ0) is 20.0. The molecular weight excluding hydrogens is 413 g/mol. The number of hydrazone groups is 1. The van der Waals surface area contributed by atoms with Gasteiger partial charge in [0.25, 0.3) is 5.91 Å². The van der Waals surface area contributed by atoms with Crippen molar-refractivity contribution in [2.24, 2.45) is 5.10 Å². The number of nitrogens with one attached hydrogen (secondary N) is 1. The lowest BCUT2D eigenvalue weighted by atomic mass is 10.2. The number of ether oxygens (including phenoxy) is 1. The largest absolute Gasteiger partial charge is 0.497 e. The minimum Gasteiger partial charge on any atom is -0.497 e. The summed E-state index contributed by atoms with van der Waals surface area (Å²) in [5, 5.41) is 4.53. The number of halogens is 2. The van der Waals surface area contributed by atoms with Gasteiger partial charge < -0.3 is 4.74 Å². The van der Waals surface area contributed by atoms with Gasteiger partial charge in [-0.15, -0.1) is 0 Å². The zero-order valence-electron chi connectivity index (χ0n) is 14.5. The molecule has 1 amide bonds. The van der Waals surface area contributed by atoms with Crippen LogP contribution in [-0.2, 0) is 14.8 Å². The van der Waals surface area contributed by atoms with E-state index in [2.05, 4.69) is 10.5 Å². The molecule has 0 unspecified atom stereocenters. The molecule has 2 rings (SSSR count). The second-order valence-electron chi connectivity index (χ2n) is 5.40. The van der Waals surface area contributed by atoms with E-state index in [4.69, 9.17) is 27.9 Å². The summed E-state index contributed by atoms with van der Waals surface area (Å²) in [5.74, 6) is -0.0615. The Balaban J connectivity index is 2.11. The highest BCUT2D eigenvalue weighted by Crippen LogP contribution is 2.22. The van der Waals surface area contributed by atoms with E-state index in [0.29, 0.717) is 27.0 Å². The molecule has 10 heteroatoms. The van der Waals surface area contributed by atoms with Gasteiger partial charge in [-0.05, 0) is 36.4 Å². The Bertz CT molecular complexity index is 927. The Morgan fingerprint density at radius 1 is 1.19 bits per heavy atom. The summed E-state index contributed by atoms with van der Waals surface area (Å²) >= 11 is 12.0. The monoisotopic (exact) mass is 429 g/mol. The number of rotatable bonds is 7. The third-order valence-corrected chi connectivity index (χ3v) is 5.23. The van der Waals surface area contributed by atoms with Crippen LogP contribution < -0.4 is 14.5 Å². The van der Waals surface area contributed by atoms with Crippen LogP contribution in [0.15, 0.2) is 47.6 Å². The lowest BCUT2D eigenvalue weighted by molar-refractivity contribution is -0.119. The summed E-state index contributed by atoms with van der Waals surface area (Å²) in [5.41, 5.74) is 3.03. The van der Waals surface area contributed by atoms with Gasteiger partial charge in [-0.2, -0.15) is 5.10 Å². The van der Waals surface area contributed by atoms with E-state index in [9.17, 15) is 13.2 Å². The Morgan fingerprint density at radius 2 is 1.78 bits per heavy atom. The molecule has 2 aromatic rings. The number of methoxy groups -OCH3 is 1. The molecule has 0 aliphatic rings. The van der Waals surface area contributed by atoms with Crippen molar-refractivity contribution < 1.29 is 17.9 Å². The second-order valence-corrected chi connectivity index (χ2v) is 8.12. The van der Waals surface area contributed by atoms with E-state index >= 15 is 0 Å². The highest BCUT2D eigenvalue weighted by Gasteiger charge is 2.20. The summed E-state index contributed by atoms with van der Waals surface area (Å²) in [6, 6.07) is 11.2. The van der Waals surface area contributed by atoms with Gasteiger partial charge in [-0.25, -0.2) is 13.8 Å². The number of hydrogen-bond donors (Lipinski definition) is 1. The van der Waals surface area contributed by atoms with E-state index in [0.717, 1.165) is 10.6 Å². The van der Waals surface area contributed by atoms with Crippen molar-refractivity contribution in [3.63, 3.8) is 0 Å². The Hall–Kier alpha value is -2.29. The highest BCUT2D eigenvalue weighted by atomic mass is 35.5. The standard InChI is InChI=1S/C17H17Cl2N3O4S/c1-26-13-8-6-12(7-9-13)22(27(2,24)25)11-17(23)21-20-10-14-15(18)4-3-5-16(14)19/h3-10H,11H2,1-2H3,(H,21,23)/b20-10+. The summed E-state index contributed by atoms with van der Waals surface area (Å²) in [4.78, 5) is 12.1. The number of hydrogen-bond acceptors (Lipinski definition) is 5. The normalized spacial score (nSPS) is 11.4. The molecule has 1 N–H and O–H groups in total. The zero-order valence-corrected chi connectivity index (χ0v) is 16.8. The molecule has 0 saturated carbocycles. The molecule has 0 heterocycles. The van der Waals surface area contributed by atoms with Crippen LogP contribution in [0.3, 0.4) is 0 Å². The van der Waals surface area contributed by atoms with Crippen LogP contribution in [-0.4, -0.2) is 40.4 Å². The van der Waals surface area contributed by atoms with Gasteiger partial charge in [0.05, 0.1) is 35.3 Å². The number of amides is 1. The number of carbonyl (C=O) groups excluding carboxylic acids is 1. The molecule has 2 aromatic carbocycles. The van der Waals surface area contributed by atoms with Crippen LogP contribution in [0.25, 0.3) is 0 Å². The smallest absolute Gasteiger partial charge is 0.260 e. The summed E-state index contributed by atoms with van der Waals surface area (Å²) in [6.45, 7) is -0.446. The third-order valence-electron chi connectivity index (χ3n) is 3.43. The first-order valence-corrected chi connectivity index (χ1v) is 10.2. The van der Waals surface area contributed by atoms with Crippen molar-refractivity contribution in [2.45, 2.75) is 0 Å². The van der Waals surface area contributed by atoms with Crippen molar-refractivity contribution in [2.75, 3.05) is 24.2 Å². The Morgan fingerprint density at radius 3 is 2.30 bits per heavy atom. The van der Waals surface area contributed by atoms with Gasteiger partial charge in [-0.1, -0.05) is 29.3 Å². The van der Waals surface area contributed by atoms with E-state index in [1.807, 2.05) is 0 Å². The van der Waals surface area contributed by atoms with Crippen molar-refractivity contribution in [1.29, 1.82) is 0 Å². The number of benzene rings is 2. The highest BCUT2D eigenvalue weighted by molar-refractivity contribution is 7.92. The molecule has 0 spiro atoms. The maximum absolute atomic E-state index is 12.1. The van der Waals surface area contributed by atoms with E-state index < -0.39 is 22.5 Å². The predicted octanol–water partition coefficient (Wildman–Crippen LogP) is 2.92. The van der Waals surface area contributed by atoms with Gasteiger partial charge in [-0.3, -0.25) is 9.10 Å². The fourth-order valence-electron chi connectivity index (χ4n) is 2.12. The van der Waals surface area contributed by atoms with Gasteiger partial charge in [0.2, 0.25) is 10.0 Å². The van der Waals surface area contributed by atoms with Gasteiger partial charge >= 0.3 is 0 Å². The van der Waals surface area contributed by atoms with E-state index in [1.165, 1.54) is 13.3 Å². The molecule has 0 atom stereocenters. The molecule has 0 aliphatic heterocycles. The van der Waals surface area contributed by atoms with Crippen molar-refractivity contribution >= 4 is 51.0 Å². The SMILES string of the molecule is COc1ccc(N(CC(=O)N/N=C/c2c(Cl)cccc2Cl)S(C)(=O)=O)cc1. The van der Waals surface area contributed by atoms with Gasteiger partial charge in [0.1, 0.15) is 12.3 Å². The molecule has 7 nitrogen and oxygen atoms in total. The first-order valence-electron chi connectivity index (χ1n) is 7.60. The van der Waals surface area contributed by atoms with Crippen molar-refractivity contribution in [1.82, 2.24) is 5.43 Å². The fourth-order valence-corrected chi connectivity index (χ4v) is 3.47. The lowest BCUT2D eigenvalue weighted by Crippen LogP contribution is -2.39. The fraction of sp³-hybridized carbons (Fsp3) is 0.176. The van der Waals surface area contributed by atoms with Gasteiger partial charge in [0.15, 0.2) is 0 Å². The van der Waals surface area contributed by atoms with E-state index in [-0.39, 0.29) is 0 Å². The summed E-state index contributed by atoms with van der Waals surface area (Å²) in [6.07, 6.45) is 2.30. The number of sulfonamides is 1. The van der Waals surface area contributed by atoms with Crippen LogP contribution in [0.4, 0.5) is 5.69 Å². The molecule has 0 aliphatic carbocycles. The second kappa shape index (κ2) is 9.07. The topological polar surface area (TPSA) is 88.1 Å². The number of nitrogens with zero attached hydrogens (tertiary/aromatic N) is 2. The molecule has 0 aromatic heterocycles. The molecule has 144 valence electrons. The Labute approximate surface area is 167 Å². The molecule has 0 radical (unpaired) electrons. The average Bonchev–Trinajstić information content (AvgIpc) is 2.61. The van der Waals surface area contributed by atoms with Crippen LogP contribution in [0, 0.1) is 0 Å². The maximum Gasteiger partial charge on any atom is 0.260 e. The number of carbonyl (C=O) groups is 1. The average molecular weight is 430 g/mol. The van der Waals surface area contributed by atoms with Crippen molar-refractivity contribution in [3.05, 3.63) is 58.1 Å². The molecule has 0 bridgehead atoms. The molecule has 0 fully saturated rings. The summed E-state index contributed by atoms with van der Waals surface area (Å²) in [7, 11) is -2.19. The first kappa shape index (κ1) is 21.0. The quantitative estimate of drug-likeness (QED) is 0.541. The van der Waals surface area contributed by atoms with Crippen molar-refractivity contribution in [3.8, 4) is 5.75 Å². The molecular formula is C17H17Cl2N3O4S.